The number of ether oxygens (including phenoxy) is 2. The zero-order chi connectivity index (χ0) is 7.11. The number of hydrogen-bond acceptors (Lipinski definition) is 4. The van der Waals surface area contributed by atoms with Crippen molar-refractivity contribution in [2.45, 2.75) is 6.17 Å². The molecule has 0 aromatic rings. The van der Waals surface area contributed by atoms with Gasteiger partial charge in [0.15, 0.2) is 0 Å². The second kappa shape index (κ2) is 5.97. The first kappa shape index (κ1) is 8.84. The van der Waals surface area contributed by atoms with Gasteiger partial charge in [-0.1, -0.05) is 0 Å². The van der Waals surface area contributed by atoms with E-state index in [1.54, 1.807) is 7.11 Å². The quantitative estimate of drug-likeness (QED) is 0.369. The fraction of sp³-hybridized carbons (Fsp3) is 1.00. The summed E-state index contributed by atoms with van der Waals surface area (Å²) in [4.78, 5) is 0. The molecule has 4 nitrogen and oxygen atoms in total. The second-order valence-corrected chi connectivity index (χ2v) is 1.73. The van der Waals surface area contributed by atoms with Crippen molar-refractivity contribution in [3.05, 3.63) is 0 Å². The molecule has 0 rings (SSSR count). The fourth-order valence-electron chi connectivity index (χ4n) is 0.362. The summed E-state index contributed by atoms with van der Waals surface area (Å²) in [5, 5.41) is 0. The minimum absolute atomic E-state index is 0.373. The van der Waals surface area contributed by atoms with Crippen molar-refractivity contribution in [2.24, 2.45) is 11.5 Å². The highest BCUT2D eigenvalue weighted by molar-refractivity contribution is 4.45. The van der Waals surface area contributed by atoms with Gasteiger partial charge in [0, 0.05) is 7.11 Å². The Kier molecular flexibility index (Phi) is 5.86. The lowest BCUT2D eigenvalue weighted by Gasteiger charge is -2.05. The van der Waals surface area contributed by atoms with Crippen molar-refractivity contribution in [1.82, 2.24) is 0 Å². The van der Waals surface area contributed by atoms with Gasteiger partial charge >= 0.3 is 0 Å². The predicted octanol–water partition coefficient (Wildman–Crippen LogP) is -1.11. The van der Waals surface area contributed by atoms with Gasteiger partial charge in [-0.2, -0.15) is 0 Å². The number of hydrogen-bond donors (Lipinski definition) is 2. The van der Waals surface area contributed by atoms with Crippen molar-refractivity contribution in [3.63, 3.8) is 0 Å². The van der Waals surface area contributed by atoms with E-state index in [-0.39, 0.29) is 6.17 Å². The average molecular weight is 134 g/mol. The van der Waals surface area contributed by atoms with E-state index in [9.17, 15) is 0 Å². The van der Waals surface area contributed by atoms with Crippen molar-refractivity contribution >= 4 is 0 Å². The van der Waals surface area contributed by atoms with Gasteiger partial charge in [0.05, 0.1) is 26.0 Å². The predicted molar refractivity (Wildman–Crippen MR) is 34.9 cm³/mol. The van der Waals surface area contributed by atoms with Crippen LogP contribution in [0.3, 0.4) is 0 Å². The highest BCUT2D eigenvalue weighted by Crippen LogP contribution is 1.74. The molecule has 4 heteroatoms. The van der Waals surface area contributed by atoms with Crippen LogP contribution < -0.4 is 11.5 Å². The van der Waals surface area contributed by atoms with Gasteiger partial charge in [-0.05, 0) is 0 Å². The zero-order valence-electron chi connectivity index (χ0n) is 5.67. The van der Waals surface area contributed by atoms with Gasteiger partial charge in [0.1, 0.15) is 0 Å². The van der Waals surface area contributed by atoms with E-state index in [0.29, 0.717) is 19.8 Å². The van der Waals surface area contributed by atoms with Gasteiger partial charge in [-0.15, -0.1) is 0 Å². The topological polar surface area (TPSA) is 70.5 Å². The Morgan fingerprint density at radius 1 is 1.33 bits per heavy atom. The molecule has 0 aromatic carbocycles. The third-order valence-electron chi connectivity index (χ3n) is 0.742. The van der Waals surface area contributed by atoms with Crippen LogP contribution in [-0.2, 0) is 9.47 Å². The molecule has 0 radical (unpaired) electrons. The maximum atomic E-state index is 5.19. The van der Waals surface area contributed by atoms with E-state index in [1.807, 2.05) is 0 Å². The van der Waals surface area contributed by atoms with Crippen molar-refractivity contribution in [2.75, 3.05) is 26.9 Å². The molecule has 0 bridgehead atoms. The first-order chi connectivity index (χ1) is 4.27. The van der Waals surface area contributed by atoms with Gasteiger partial charge in [0.25, 0.3) is 0 Å². The Hall–Kier alpha value is -0.160. The SMILES string of the molecule is COCCOCC(N)N. The molecular formula is C5H14N2O2. The minimum Gasteiger partial charge on any atom is -0.382 e. The molecular weight excluding hydrogens is 120 g/mol. The Morgan fingerprint density at radius 3 is 2.44 bits per heavy atom. The summed E-state index contributed by atoms with van der Waals surface area (Å²) in [6, 6.07) is 0. The average Bonchev–Trinajstić information content (AvgIpc) is 1.80. The molecule has 0 saturated carbocycles. The van der Waals surface area contributed by atoms with Crippen LogP contribution in [0.25, 0.3) is 0 Å². The molecule has 4 N–H and O–H groups in total. The van der Waals surface area contributed by atoms with Crippen LogP contribution in [0.5, 0.6) is 0 Å². The van der Waals surface area contributed by atoms with Crippen LogP contribution >= 0.6 is 0 Å². The van der Waals surface area contributed by atoms with Gasteiger partial charge < -0.3 is 20.9 Å². The lowest BCUT2D eigenvalue weighted by atomic mass is 10.6. The van der Waals surface area contributed by atoms with E-state index in [4.69, 9.17) is 20.9 Å². The third-order valence-corrected chi connectivity index (χ3v) is 0.742. The molecule has 56 valence electrons. The van der Waals surface area contributed by atoms with E-state index in [1.165, 1.54) is 0 Å². The fourth-order valence-corrected chi connectivity index (χ4v) is 0.362. The summed E-state index contributed by atoms with van der Waals surface area (Å²) in [6.45, 7) is 1.54. The lowest BCUT2D eigenvalue weighted by molar-refractivity contribution is 0.0644. The van der Waals surface area contributed by atoms with E-state index in [2.05, 4.69) is 0 Å². The molecule has 0 spiro atoms. The highest BCUT2D eigenvalue weighted by atomic mass is 16.5. The van der Waals surface area contributed by atoms with Crippen LogP contribution in [0.2, 0.25) is 0 Å². The Labute approximate surface area is 55.1 Å². The van der Waals surface area contributed by atoms with Crippen LogP contribution in [0.4, 0.5) is 0 Å². The highest BCUT2D eigenvalue weighted by Gasteiger charge is 1.91. The summed E-state index contributed by atoms with van der Waals surface area (Å²) in [7, 11) is 1.62. The molecule has 0 unspecified atom stereocenters. The largest absolute Gasteiger partial charge is 0.382 e. The first-order valence-corrected chi connectivity index (χ1v) is 2.85. The third kappa shape index (κ3) is 7.84. The van der Waals surface area contributed by atoms with Crippen LogP contribution in [-0.4, -0.2) is 33.1 Å². The Morgan fingerprint density at radius 2 is 2.00 bits per heavy atom. The first-order valence-electron chi connectivity index (χ1n) is 2.85. The normalized spacial score (nSPS) is 10.7. The molecule has 0 aliphatic heterocycles. The molecule has 0 aliphatic rings. The molecule has 0 aliphatic carbocycles. The molecule has 0 amide bonds. The van der Waals surface area contributed by atoms with Crippen LogP contribution in [0.1, 0.15) is 0 Å². The Balaban J connectivity index is 2.75. The maximum Gasteiger partial charge on any atom is 0.0762 e. The summed E-state index contributed by atoms with van der Waals surface area (Å²) in [5.74, 6) is 0. The van der Waals surface area contributed by atoms with E-state index in [0.717, 1.165) is 0 Å². The molecule has 0 aromatic heterocycles. The van der Waals surface area contributed by atoms with Gasteiger partial charge in [-0.25, -0.2) is 0 Å². The smallest absolute Gasteiger partial charge is 0.0762 e. The number of nitrogens with two attached hydrogens (primary N) is 2. The summed E-state index contributed by atoms with van der Waals surface area (Å²) in [6.07, 6.45) is -0.373. The minimum atomic E-state index is -0.373. The maximum absolute atomic E-state index is 5.19. The standard InChI is InChI=1S/C5H14N2O2/c1-8-2-3-9-4-5(6)7/h5H,2-4,6-7H2,1H3. The summed E-state index contributed by atoms with van der Waals surface area (Å²) in [5.41, 5.74) is 10.4. The van der Waals surface area contributed by atoms with Crippen molar-refractivity contribution in [1.29, 1.82) is 0 Å². The van der Waals surface area contributed by atoms with Crippen LogP contribution in [0.15, 0.2) is 0 Å². The number of rotatable bonds is 5. The van der Waals surface area contributed by atoms with E-state index < -0.39 is 0 Å². The molecule has 0 saturated heterocycles. The lowest BCUT2D eigenvalue weighted by Crippen LogP contribution is -2.35. The van der Waals surface area contributed by atoms with Crippen LogP contribution in [0, 0.1) is 0 Å². The molecule has 0 heterocycles. The zero-order valence-corrected chi connectivity index (χ0v) is 5.67. The molecule has 0 fully saturated rings. The second-order valence-electron chi connectivity index (χ2n) is 1.73. The number of methoxy groups -OCH3 is 1. The summed E-state index contributed by atoms with van der Waals surface area (Å²) >= 11 is 0. The van der Waals surface area contributed by atoms with Gasteiger partial charge in [-0.3, -0.25) is 0 Å². The van der Waals surface area contributed by atoms with Crippen molar-refractivity contribution < 1.29 is 9.47 Å². The molecule has 9 heavy (non-hydrogen) atoms. The molecule has 0 atom stereocenters. The van der Waals surface area contributed by atoms with Crippen molar-refractivity contribution in [3.8, 4) is 0 Å². The Bertz CT molecular complexity index is 58.9. The van der Waals surface area contributed by atoms with E-state index >= 15 is 0 Å². The monoisotopic (exact) mass is 134 g/mol. The summed E-state index contributed by atoms with van der Waals surface area (Å²) < 4.78 is 9.68. The van der Waals surface area contributed by atoms with Gasteiger partial charge in [0.2, 0.25) is 0 Å².